The second-order valence-electron chi connectivity index (χ2n) is 7.17. The number of thiazole rings is 1. The molecule has 2 heterocycles. The van der Waals surface area contributed by atoms with Gasteiger partial charge in [0.25, 0.3) is 0 Å². The predicted molar refractivity (Wildman–Crippen MR) is 87.1 cm³/mol. The Morgan fingerprint density at radius 2 is 2.10 bits per heavy atom. The van der Waals surface area contributed by atoms with E-state index >= 15 is 0 Å². The number of nitrogens with zero attached hydrogens (tertiary/aromatic N) is 2. The molecule has 0 aliphatic carbocycles. The molecule has 0 spiro atoms. The van der Waals surface area contributed by atoms with Crippen molar-refractivity contribution in [3.8, 4) is 0 Å². The Kier molecular flexibility index (Phi) is 4.88. The standard InChI is InChI=1S/C16H29N3S/c1-11-8-6-7-9-19(11)10-13-18-15(16(3,4)5)14(20-13)12(2)17/h11-12H,6-10,17H2,1-5H3. The van der Waals surface area contributed by atoms with E-state index in [1.165, 1.54) is 41.4 Å². The summed E-state index contributed by atoms with van der Waals surface area (Å²) >= 11 is 1.81. The topological polar surface area (TPSA) is 42.1 Å². The Labute approximate surface area is 127 Å². The number of piperidine rings is 1. The first-order valence-corrected chi connectivity index (χ1v) is 8.60. The maximum atomic E-state index is 6.14. The number of hydrogen-bond acceptors (Lipinski definition) is 4. The molecule has 0 bridgehead atoms. The Bertz CT molecular complexity index is 445. The zero-order valence-electron chi connectivity index (χ0n) is 13.6. The maximum Gasteiger partial charge on any atom is 0.107 e. The van der Waals surface area contributed by atoms with Crippen LogP contribution in [-0.2, 0) is 12.0 Å². The molecule has 20 heavy (non-hydrogen) atoms. The van der Waals surface area contributed by atoms with Gasteiger partial charge in [0.05, 0.1) is 12.2 Å². The summed E-state index contributed by atoms with van der Waals surface area (Å²) in [4.78, 5) is 8.76. The fourth-order valence-corrected chi connectivity index (χ4v) is 4.11. The molecule has 2 unspecified atom stereocenters. The summed E-state index contributed by atoms with van der Waals surface area (Å²) < 4.78 is 0. The molecule has 0 saturated carbocycles. The van der Waals surface area contributed by atoms with Crippen molar-refractivity contribution in [2.24, 2.45) is 5.73 Å². The monoisotopic (exact) mass is 295 g/mol. The molecule has 1 fully saturated rings. The van der Waals surface area contributed by atoms with Gasteiger partial charge in [0, 0.05) is 22.4 Å². The molecule has 2 N–H and O–H groups in total. The molecule has 1 aliphatic rings. The summed E-state index contributed by atoms with van der Waals surface area (Å²) in [6.07, 6.45) is 4.01. The summed E-state index contributed by atoms with van der Waals surface area (Å²) in [5.74, 6) is 0. The van der Waals surface area contributed by atoms with Crippen molar-refractivity contribution in [2.45, 2.75) is 77.9 Å². The van der Waals surface area contributed by atoms with E-state index in [2.05, 4.69) is 39.5 Å². The van der Waals surface area contributed by atoms with E-state index < -0.39 is 0 Å². The molecule has 1 aromatic rings. The molecule has 0 amide bonds. The molecule has 1 aliphatic heterocycles. The molecule has 1 aromatic heterocycles. The van der Waals surface area contributed by atoms with Gasteiger partial charge < -0.3 is 5.73 Å². The van der Waals surface area contributed by atoms with Gasteiger partial charge in [0.1, 0.15) is 5.01 Å². The van der Waals surface area contributed by atoms with Crippen LogP contribution in [0.25, 0.3) is 0 Å². The third kappa shape index (κ3) is 3.60. The fourth-order valence-electron chi connectivity index (χ4n) is 2.86. The van der Waals surface area contributed by atoms with Crippen LogP contribution in [0.2, 0.25) is 0 Å². The van der Waals surface area contributed by atoms with Gasteiger partial charge >= 0.3 is 0 Å². The normalized spacial score (nSPS) is 23.0. The Morgan fingerprint density at radius 3 is 2.60 bits per heavy atom. The van der Waals surface area contributed by atoms with E-state index in [1.54, 1.807) is 0 Å². The second-order valence-corrected chi connectivity index (χ2v) is 8.29. The lowest BCUT2D eigenvalue weighted by atomic mass is 9.90. The average molecular weight is 295 g/mol. The summed E-state index contributed by atoms with van der Waals surface area (Å²) in [6.45, 7) is 13.3. The first-order chi connectivity index (χ1) is 9.29. The molecular formula is C16H29N3S. The third-order valence-electron chi connectivity index (χ3n) is 4.10. The van der Waals surface area contributed by atoms with Crippen LogP contribution in [0.5, 0.6) is 0 Å². The van der Waals surface area contributed by atoms with E-state index in [1.807, 2.05) is 11.3 Å². The van der Waals surface area contributed by atoms with Gasteiger partial charge in [-0.15, -0.1) is 11.3 Å². The van der Waals surface area contributed by atoms with Crippen molar-refractivity contribution < 1.29 is 0 Å². The van der Waals surface area contributed by atoms with E-state index in [9.17, 15) is 0 Å². The fraction of sp³-hybridized carbons (Fsp3) is 0.812. The summed E-state index contributed by atoms with van der Waals surface area (Å²) in [5, 5.41) is 1.23. The largest absolute Gasteiger partial charge is 0.323 e. The number of nitrogens with two attached hydrogens (primary N) is 1. The maximum absolute atomic E-state index is 6.14. The van der Waals surface area contributed by atoms with Crippen LogP contribution in [0.3, 0.4) is 0 Å². The molecule has 2 rings (SSSR count). The number of hydrogen-bond donors (Lipinski definition) is 1. The van der Waals surface area contributed by atoms with Crippen molar-refractivity contribution in [1.29, 1.82) is 0 Å². The van der Waals surface area contributed by atoms with Crippen molar-refractivity contribution >= 4 is 11.3 Å². The van der Waals surface area contributed by atoms with E-state index in [4.69, 9.17) is 10.7 Å². The van der Waals surface area contributed by atoms with Crippen LogP contribution in [0.4, 0.5) is 0 Å². The zero-order valence-corrected chi connectivity index (χ0v) is 14.4. The highest BCUT2D eigenvalue weighted by atomic mass is 32.1. The van der Waals surface area contributed by atoms with Gasteiger partial charge in [-0.2, -0.15) is 0 Å². The van der Waals surface area contributed by atoms with E-state index in [0.717, 1.165) is 6.54 Å². The number of aromatic nitrogens is 1. The van der Waals surface area contributed by atoms with E-state index in [0.29, 0.717) is 6.04 Å². The first kappa shape index (κ1) is 15.9. The molecular weight excluding hydrogens is 266 g/mol. The van der Waals surface area contributed by atoms with Crippen molar-refractivity contribution in [3.63, 3.8) is 0 Å². The molecule has 4 heteroatoms. The third-order valence-corrected chi connectivity index (χ3v) is 5.34. The predicted octanol–water partition coefficient (Wildman–Crippen LogP) is 3.83. The Morgan fingerprint density at radius 1 is 1.40 bits per heavy atom. The molecule has 3 nitrogen and oxygen atoms in total. The van der Waals surface area contributed by atoms with Crippen LogP contribution in [0.15, 0.2) is 0 Å². The molecule has 0 aromatic carbocycles. The molecule has 0 radical (unpaired) electrons. The summed E-state index contributed by atoms with van der Waals surface area (Å²) in [7, 11) is 0. The Hall–Kier alpha value is -0.450. The van der Waals surface area contributed by atoms with Crippen molar-refractivity contribution in [3.05, 3.63) is 15.6 Å². The van der Waals surface area contributed by atoms with Gasteiger partial charge in [-0.05, 0) is 33.2 Å². The van der Waals surface area contributed by atoms with E-state index in [-0.39, 0.29) is 11.5 Å². The van der Waals surface area contributed by atoms with Crippen molar-refractivity contribution in [1.82, 2.24) is 9.88 Å². The minimum Gasteiger partial charge on any atom is -0.323 e. The average Bonchev–Trinajstić information content (AvgIpc) is 2.76. The summed E-state index contributed by atoms with van der Waals surface area (Å²) in [5.41, 5.74) is 7.41. The van der Waals surface area contributed by atoms with Crippen LogP contribution in [0.1, 0.15) is 75.5 Å². The van der Waals surface area contributed by atoms with Crippen LogP contribution in [0, 0.1) is 0 Å². The smallest absolute Gasteiger partial charge is 0.107 e. The zero-order chi connectivity index (χ0) is 14.9. The minimum atomic E-state index is 0.0746. The van der Waals surface area contributed by atoms with Crippen LogP contribution < -0.4 is 5.73 Å². The lowest BCUT2D eigenvalue weighted by Gasteiger charge is -2.32. The Balaban J connectivity index is 2.20. The van der Waals surface area contributed by atoms with Crippen LogP contribution >= 0.6 is 11.3 Å². The van der Waals surface area contributed by atoms with Crippen LogP contribution in [-0.4, -0.2) is 22.5 Å². The first-order valence-electron chi connectivity index (χ1n) is 7.78. The highest BCUT2D eigenvalue weighted by Crippen LogP contribution is 2.34. The lowest BCUT2D eigenvalue weighted by Crippen LogP contribution is -2.36. The molecule has 2 atom stereocenters. The van der Waals surface area contributed by atoms with Gasteiger partial charge in [-0.25, -0.2) is 4.98 Å². The lowest BCUT2D eigenvalue weighted by molar-refractivity contribution is 0.152. The highest BCUT2D eigenvalue weighted by molar-refractivity contribution is 7.11. The molecule has 114 valence electrons. The van der Waals surface area contributed by atoms with Gasteiger partial charge in [0.15, 0.2) is 0 Å². The van der Waals surface area contributed by atoms with Crippen molar-refractivity contribution in [2.75, 3.05) is 6.54 Å². The van der Waals surface area contributed by atoms with Gasteiger partial charge in [-0.3, -0.25) is 4.90 Å². The van der Waals surface area contributed by atoms with Gasteiger partial charge in [0.2, 0.25) is 0 Å². The second kappa shape index (κ2) is 6.12. The quantitative estimate of drug-likeness (QED) is 0.921. The number of likely N-dealkylation sites (tertiary alicyclic amines) is 1. The van der Waals surface area contributed by atoms with Gasteiger partial charge in [-0.1, -0.05) is 27.2 Å². The SMILES string of the molecule is CC(N)c1sc(CN2CCCCC2C)nc1C(C)(C)C. The highest BCUT2D eigenvalue weighted by Gasteiger charge is 2.26. The number of rotatable bonds is 3. The molecule has 1 saturated heterocycles. The minimum absolute atomic E-state index is 0.0746. The summed E-state index contributed by atoms with van der Waals surface area (Å²) in [6, 6.07) is 0.763.